The summed E-state index contributed by atoms with van der Waals surface area (Å²) in [6, 6.07) is 13.0. The smallest absolute Gasteiger partial charge is 0.266 e. The van der Waals surface area contributed by atoms with E-state index in [1.165, 1.54) is 23.9 Å². The molecule has 3 N–H and O–H groups in total. The number of rotatable bonds is 8. The van der Waals surface area contributed by atoms with Crippen LogP contribution < -0.4 is 5.32 Å². The van der Waals surface area contributed by atoms with Gasteiger partial charge in [-0.25, -0.2) is 0 Å². The molecule has 0 bridgehead atoms. The number of nitrogens with zero attached hydrogens (tertiary/aromatic N) is 1. The zero-order chi connectivity index (χ0) is 21.5. The molecule has 3 rings (SSSR count). The Morgan fingerprint density at radius 2 is 1.83 bits per heavy atom. The summed E-state index contributed by atoms with van der Waals surface area (Å²) in [5.41, 5.74) is 1.39. The topological polar surface area (TPSA) is 89.9 Å². The molecule has 30 heavy (non-hydrogen) atoms. The number of hydrogen-bond donors (Lipinski definition) is 3. The molecule has 1 heterocycles. The van der Waals surface area contributed by atoms with Gasteiger partial charge in [-0.1, -0.05) is 42.5 Å². The first-order valence-corrected chi connectivity index (χ1v) is 10.8. The van der Waals surface area contributed by atoms with Gasteiger partial charge in [0.25, 0.3) is 5.91 Å². The van der Waals surface area contributed by atoms with Gasteiger partial charge in [0.05, 0.1) is 4.91 Å². The molecular weight excluding hydrogens is 420 g/mol. The van der Waals surface area contributed by atoms with Gasteiger partial charge in [0.15, 0.2) is 0 Å². The Balaban J connectivity index is 1.41. The average Bonchev–Trinajstić information content (AvgIpc) is 2.96. The maximum absolute atomic E-state index is 12.6. The number of aromatic hydroxyl groups is 2. The highest BCUT2D eigenvalue weighted by molar-refractivity contribution is 8.26. The van der Waals surface area contributed by atoms with Gasteiger partial charge in [0.1, 0.15) is 15.8 Å². The number of unbranched alkanes of at least 4 members (excludes halogenated alkanes) is 2. The number of anilines is 1. The molecule has 6 nitrogen and oxygen atoms in total. The number of amides is 2. The van der Waals surface area contributed by atoms with E-state index in [4.69, 9.17) is 12.2 Å². The summed E-state index contributed by atoms with van der Waals surface area (Å²) in [5, 5.41) is 21.6. The summed E-state index contributed by atoms with van der Waals surface area (Å²) in [5.74, 6) is 0.0906. The van der Waals surface area contributed by atoms with E-state index in [-0.39, 0.29) is 23.3 Å². The highest BCUT2D eigenvalue weighted by Gasteiger charge is 2.31. The third-order valence-electron chi connectivity index (χ3n) is 4.48. The molecule has 2 aromatic carbocycles. The molecule has 8 heteroatoms. The molecule has 0 atom stereocenters. The number of carbonyl (C=O) groups is 2. The maximum atomic E-state index is 12.6. The van der Waals surface area contributed by atoms with Crippen LogP contribution >= 0.6 is 24.0 Å². The van der Waals surface area contributed by atoms with Crippen molar-refractivity contribution in [2.45, 2.75) is 25.7 Å². The number of thiocarbonyl (C=S) groups is 1. The van der Waals surface area contributed by atoms with Crippen molar-refractivity contribution in [3.8, 4) is 11.5 Å². The van der Waals surface area contributed by atoms with E-state index in [0.29, 0.717) is 34.3 Å². The van der Waals surface area contributed by atoms with Gasteiger partial charge >= 0.3 is 0 Å². The Morgan fingerprint density at radius 3 is 2.57 bits per heavy atom. The van der Waals surface area contributed by atoms with Crippen LogP contribution in [0.5, 0.6) is 11.5 Å². The first-order chi connectivity index (χ1) is 14.4. The Morgan fingerprint density at radius 1 is 1.07 bits per heavy atom. The fourth-order valence-electron chi connectivity index (χ4n) is 2.96. The van der Waals surface area contributed by atoms with E-state index in [1.54, 1.807) is 41.3 Å². The first kappa shape index (κ1) is 21.9. The number of benzene rings is 2. The van der Waals surface area contributed by atoms with E-state index in [2.05, 4.69) is 5.32 Å². The van der Waals surface area contributed by atoms with Gasteiger partial charge in [0, 0.05) is 18.7 Å². The van der Waals surface area contributed by atoms with Crippen LogP contribution in [0.2, 0.25) is 0 Å². The van der Waals surface area contributed by atoms with Gasteiger partial charge in [0.2, 0.25) is 5.91 Å². The lowest BCUT2D eigenvalue weighted by molar-refractivity contribution is -0.122. The third kappa shape index (κ3) is 6.08. The highest BCUT2D eigenvalue weighted by Crippen LogP contribution is 2.33. The zero-order valence-electron chi connectivity index (χ0n) is 16.2. The van der Waals surface area contributed by atoms with Crippen LogP contribution in [0.1, 0.15) is 31.2 Å². The van der Waals surface area contributed by atoms with Crippen molar-refractivity contribution in [2.75, 3.05) is 11.9 Å². The molecule has 0 saturated carbocycles. The molecule has 0 aliphatic carbocycles. The lowest BCUT2D eigenvalue weighted by atomic mass is 10.1. The van der Waals surface area contributed by atoms with Crippen LogP contribution in [0, 0.1) is 0 Å². The van der Waals surface area contributed by atoms with E-state index in [1.807, 2.05) is 6.07 Å². The Labute approximate surface area is 184 Å². The molecule has 1 aliphatic rings. The second kappa shape index (κ2) is 10.3. The molecule has 2 aromatic rings. The predicted octanol–water partition coefficient (Wildman–Crippen LogP) is 4.50. The van der Waals surface area contributed by atoms with Crippen LogP contribution in [-0.2, 0) is 9.59 Å². The van der Waals surface area contributed by atoms with Crippen LogP contribution in [0.15, 0.2) is 53.4 Å². The molecule has 2 amide bonds. The number of hydrogen-bond acceptors (Lipinski definition) is 6. The van der Waals surface area contributed by atoms with Crippen LogP contribution in [0.3, 0.4) is 0 Å². The Bertz CT molecular complexity index is 973. The van der Waals surface area contributed by atoms with Gasteiger partial charge in [-0.05, 0) is 60.9 Å². The van der Waals surface area contributed by atoms with Gasteiger partial charge in [-0.2, -0.15) is 0 Å². The maximum Gasteiger partial charge on any atom is 0.266 e. The van der Waals surface area contributed by atoms with E-state index in [0.717, 1.165) is 18.4 Å². The summed E-state index contributed by atoms with van der Waals surface area (Å²) in [7, 11) is 0. The summed E-state index contributed by atoms with van der Waals surface area (Å²) in [4.78, 5) is 26.7. The van der Waals surface area contributed by atoms with Gasteiger partial charge in [-0.15, -0.1) is 0 Å². The molecule has 0 radical (unpaired) electrons. The number of thioether (sulfide) groups is 1. The number of phenolic OH excluding ortho intramolecular Hbond substituents is 2. The Kier molecular flexibility index (Phi) is 7.48. The highest BCUT2D eigenvalue weighted by atomic mass is 32.2. The second-order valence-electron chi connectivity index (χ2n) is 6.83. The average molecular weight is 443 g/mol. The van der Waals surface area contributed by atoms with E-state index in [9.17, 15) is 19.8 Å². The lowest BCUT2D eigenvalue weighted by Crippen LogP contribution is -2.29. The number of nitrogens with one attached hydrogen (secondary N) is 1. The molecule has 0 spiro atoms. The summed E-state index contributed by atoms with van der Waals surface area (Å²) < 4.78 is 0.525. The van der Waals surface area contributed by atoms with Crippen LogP contribution in [0.25, 0.3) is 6.08 Å². The van der Waals surface area contributed by atoms with Crippen molar-refractivity contribution in [3.05, 3.63) is 59.0 Å². The van der Waals surface area contributed by atoms with E-state index >= 15 is 0 Å². The second-order valence-corrected chi connectivity index (χ2v) is 8.51. The summed E-state index contributed by atoms with van der Waals surface area (Å²) >= 11 is 6.59. The number of phenols is 2. The molecule has 0 aromatic heterocycles. The minimum Gasteiger partial charge on any atom is -0.508 e. The van der Waals surface area contributed by atoms with Crippen molar-refractivity contribution in [3.63, 3.8) is 0 Å². The number of carbonyl (C=O) groups excluding carboxylic acids is 2. The van der Waals surface area contributed by atoms with Gasteiger partial charge < -0.3 is 15.5 Å². The molecule has 1 aliphatic heterocycles. The largest absolute Gasteiger partial charge is 0.508 e. The predicted molar refractivity (Wildman–Crippen MR) is 123 cm³/mol. The molecule has 156 valence electrons. The minimum absolute atomic E-state index is 0.0830. The van der Waals surface area contributed by atoms with Crippen molar-refractivity contribution >= 4 is 51.9 Å². The standard InChI is InChI=1S/C22H22N2O4S2/c25-17-10-8-16(9-11-17)23-20(27)7-2-1-3-12-24-21(28)19(30-22(24)29)14-15-5-4-6-18(26)13-15/h4-6,8-11,13-14,25-26H,1-3,7,12H2,(H,23,27)/b19-14-. The van der Waals surface area contributed by atoms with Gasteiger partial charge in [-0.3, -0.25) is 14.5 Å². The van der Waals surface area contributed by atoms with Crippen molar-refractivity contribution in [1.29, 1.82) is 0 Å². The zero-order valence-corrected chi connectivity index (χ0v) is 17.8. The lowest BCUT2D eigenvalue weighted by Gasteiger charge is -2.14. The van der Waals surface area contributed by atoms with Crippen molar-refractivity contribution in [2.24, 2.45) is 0 Å². The Hall–Kier alpha value is -2.84. The molecule has 1 saturated heterocycles. The molecule has 0 unspecified atom stereocenters. The third-order valence-corrected chi connectivity index (χ3v) is 5.86. The van der Waals surface area contributed by atoms with Crippen LogP contribution in [0.4, 0.5) is 5.69 Å². The minimum atomic E-state index is -0.126. The summed E-state index contributed by atoms with van der Waals surface area (Å²) in [6.45, 7) is 0.516. The van der Waals surface area contributed by atoms with Crippen LogP contribution in [-0.4, -0.2) is 37.8 Å². The van der Waals surface area contributed by atoms with E-state index < -0.39 is 0 Å². The summed E-state index contributed by atoms with van der Waals surface area (Å²) in [6.07, 6.45) is 4.37. The SMILES string of the molecule is O=C(CCCCCN1C(=O)/C(=C/c2cccc(O)c2)SC1=S)Nc1ccc(O)cc1. The molecular formula is C22H22N2O4S2. The molecule has 1 fully saturated rings. The normalized spacial score (nSPS) is 15.1. The first-order valence-electron chi connectivity index (χ1n) is 9.55. The fourth-order valence-corrected chi connectivity index (χ4v) is 4.27. The monoisotopic (exact) mass is 442 g/mol. The van der Waals surface area contributed by atoms with Crippen molar-refractivity contribution in [1.82, 2.24) is 4.90 Å². The van der Waals surface area contributed by atoms with Crippen molar-refractivity contribution < 1.29 is 19.8 Å². The fraction of sp³-hybridized carbons (Fsp3) is 0.227. The quantitative estimate of drug-likeness (QED) is 0.241.